The predicted octanol–water partition coefficient (Wildman–Crippen LogP) is 4.78. The molecule has 6 heteroatoms. The fourth-order valence-electron chi connectivity index (χ4n) is 2.52. The molecule has 2 aromatic carbocycles. The van der Waals surface area contributed by atoms with E-state index in [0.29, 0.717) is 35.5 Å². The Bertz CT molecular complexity index is 748. The zero-order valence-electron chi connectivity index (χ0n) is 16.1. The van der Waals surface area contributed by atoms with Crippen LogP contribution in [0.1, 0.15) is 39.3 Å². The first-order valence-electron chi connectivity index (χ1n) is 9.06. The second-order valence-corrected chi connectivity index (χ2v) is 6.45. The second-order valence-electron chi connectivity index (χ2n) is 6.02. The topological polar surface area (TPSA) is 56.8 Å². The van der Waals surface area contributed by atoms with Crippen molar-refractivity contribution in [2.75, 3.05) is 13.2 Å². The van der Waals surface area contributed by atoms with Crippen molar-refractivity contribution in [2.45, 2.75) is 39.8 Å². The highest BCUT2D eigenvalue weighted by Crippen LogP contribution is 2.30. The molecule has 2 unspecified atom stereocenters. The van der Waals surface area contributed by atoms with Gasteiger partial charge in [-0.15, -0.1) is 0 Å². The molecule has 2 atom stereocenters. The van der Waals surface area contributed by atoms with Gasteiger partial charge in [-0.2, -0.15) is 0 Å². The Kier molecular flexibility index (Phi) is 7.80. The highest BCUT2D eigenvalue weighted by atomic mass is 35.5. The summed E-state index contributed by atoms with van der Waals surface area (Å²) in [6.07, 6.45) is -0.636. The quantitative estimate of drug-likeness (QED) is 0.668. The third-order valence-corrected chi connectivity index (χ3v) is 4.17. The van der Waals surface area contributed by atoms with E-state index < -0.39 is 6.10 Å². The van der Waals surface area contributed by atoms with E-state index in [0.717, 1.165) is 5.56 Å². The van der Waals surface area contributed by atoms with Crippen LogP contribution in [0, 0.1) is 0 Å². The molecule has 5 nitrogen and oxygen atoms in total. The number of halogens is 1. The van der Waals surface area contributed by atoms with Crippen LogP contribution in [0.4, 0.5) is 0 Å². The summed E-state index contributed by atoms with van der Waals surface area (Å²) in [5.41, 5.74) is 0.925. The lowest BCUT2D eigenvalue weighted by atomic mass is 10.1. The Hall–Kier alpha value is -2.40. The van der Waals surface area contributed by atoms with Crippen LogP contribution in [0.2, 0.25) is 5.02 Å². The van der Waals surface area contributed by atoms with Crippen molar-refractivity contribution in [3.05, 3.63) is 53.1 Å². The lowest BCUT2D eigenvalue weighted by molar-refractivity contribution is -0.127. The number of hydrogen-bond donors (Lipinski definition) is 1. The Labute approximate surface area is 165 Å². The van der Waals surface area contributed by atoms with Crippen molar-refractivity contribution >= 4 is 17.5 Å². The number of rotatable bonds is 9. The molecule has 0 fully saturated rings. The van der Waals surface area contributed by atoms with Crippen LogP contribution in [-0.4, -0.2) is 25.2 Å². The summed E-state index contributed by atoms with van der Waals surface area (Å²) in [6.45, 7) is 8.57. The van der Waals surface area contributed by atoms with Gasteiger partial charge in [-0.05, 0) is 69.7 Å². The Balaban J connectivity index is 2.02. The van der Waals surface area contributed by atoms with E-state index >= 15 is 0 Å². The fraction of sp³-hybridized carbons (Fsp3) is 0.381. The zero-order valence-corrected chi connectivity index (χ0v) is 16.9. The van der Waals surface area contributed by atoms with E-state index in [1.54, 1.807) is 31.2 Å². The number of carbonyl (C=O) groups is 1. The van der Waals surface area contributed by atoms with Gasteiger partial charge in [0.05, 0.1) is 19.3 Å². The maximum Gasteiger partial charge on any atom is 0.261 e. The summed E-state index contributed by atoms with van der Waals surface area (Å²) in [5, 5.41) is 3.58. The van der Waals surface area contributed by atoms with Gasteiger partial charge < -0.3 is 19.5 Å². The molecule has 0 saturated carbocycles. The summed E-state index contributed by atoms with van der Waals surface area (Å²) >= 11 is 5.86. The number of benzene rings is 2. The molecule has 0 heterocycles. The van der Waals surface area contributed by atoms with Gasteiger partial charge in [-0.25, -0.2) is 0 Å². The molecule has 1 N–H and O–H groups in total. The Morgan fingerprint density at radius 1 is 1.00 bits per heavy atom. The first-order chi connectivity index (χ1) is 12.9. The number of hydrogen-bond acceptors (Lipinski definition) is 4. The first-order valence-corrected chi connectivity index (χ1v) is 9.44. The van der Waals surface area contributed by atoms with Crippen molar-refractivity contribution < 1.29 is 19.0 Å². The van der Waals surface area contributed by atoms with Gasteiger partial charge in [-0.3, -0.25) is 4.79 Å². The smallest absolute Gasteiger partial charge is 0.261 e. The van der Waals surface area contributed by atoms with Crippen LogP contribution in [0.5, 0.6) is 17.2 Å². The van der Waals surface area contributed by atoms with Crippen molar-refractivity contribution in [1.29, 1.82) is 0 Å². The summed E-state index contributed by atoms with van der Waals surface area (Å²) in [7, 11) is 0. The van der Waals surface area contributed by atoms with Crippen LogP contribution in [0.15, 0.2) is 42.5 Å². The Morgan fingerprint density at radius 2 is 1.63 bits per heavy atom. The minimum absolute atomic E-state index is 0.204. The van der Waals surface area contributed by atoms with Crippen molar-refractivity contribution in [3.63, 3.8) is 0 Å². The van der Waals surface area contributed by atoms with Gasteiger partial charge in [0.15, 0.2) is 17.6 Å². The van der Waals surface area contributed by atoms with E-state index in [9.17, 15) is 4.79 Å². The first kappa shape index (κ1) is 20.9. The maximum absolute atomic E-state index is 12.5. The lowest BCUT2D eigenvalue weighted by Gasteiger charge is -2.20. The van der Waals surface area contributed by atoms with Gasteiger partial charge in [0.25, 0.3) is 5.91 Å². The van der Waals surface area contributed by atoms with E-state index in [1.807, 2.05) is 39.0 Å². The van der Waals surface area contributed by atoms with E-state index in [2.05, 4.69) is 5.32 Å². The van der Waals surface area contributed by atoms with Gasteiger partial charge in [0.1, 0.15) is 5.75 Å². The summed E-state index contributed by atoms with van der Waals surface area (Å²) in [5.74, 6) is 1.75. The monoisotopic (exact) mass is 391 g/mol. The maximum atomic E-state index is 12.5. The molecule has 0 aliphatic rings. The molecule has 0 aliphatic carbocycles. The predicted molar refractivity (Wildman–Crippen MR) is 107 cm³/mol. The minimum atomic E-state index is -0.636. The number of amides is 1. The van der Waals surface area contributed by atoms with Crippen molar-refractivity contribution in [2.24, 2.45) is 0 Å². The third kappa shape index (κ3) is 6.07. The lowest BCUT2D eigenvalue weighted by Crippen LogP contribution is -2.37. The van der Waals surface area contributed by atoms with Gasteiger partial charge in [0, 0.05) is 5.02 Å². The number of nitrogens with one attached hydrogen (secondary N) is 1. The average Bonchev–Trinajstić information content (AvgIpc) is 2.65. The molecule has 0 bridgehead atoms. The third-order valence-electron chi connectivity index (χ3n) is 3.92. The summed E-state index contributed by atoms with van der Waals surface area (Å²) in [4.78, 5) is 12.5. The number of ether oxygens (including phenoxy) is 3. The minimum Gasteiger partial charge on any atom is -0.490 e. The van der Waals surface area contributed by atoms with E-state index in [4.69, 9.17) is 25.8 Å². The molecular formula is C21H26ClNO4. The molecule has 0 aliphatic heterocycles. The molecule has 27 heavy (non-hydrogen) atoms. The van der Waals surface area contributed by atoms with Crippen LogP contribution in [-0.2, 0) is 4.79 Å². The largest absolute Gasteiger partial charge is 0.490 e. The molecule has 0 radical (unpaired) electrons. The van der Waals surface area contributed by atoms with Crippen LogP contribution in [0.3, 0.4) is 0 Å². The summed E-state index contributed by atoms with van der Waals surface area (Å²) < 4.78 is 16.9. The van der Waals surface area contributed by atoms with Crippen LogP contribution >= 0.6 is 11.6 Å². The molecule has 0 spiro atoms. The average molecular weight is 392 g/mol. The van der Waals surface area contributed by atoms with Gasteiger partial charge >= 0.3 is 0 Å². The van der Waals surface area contributed by atoms with Gasteiger partial charge in [-0.1, -0.05) is 17.7 Å². The van der Waals surface area contributed by atoms with Gasteiger partial charge in [0.2, 0.25) is 0 Å². The van der Waals surface area contributed by atoms with Crippen molar-refractivity contribution in [1.82, 2.24) is 5.32 Å². The van der Waals surface area contributed by atoms with E-state index in [-0.39, 0.29) is 11.9 Å². The molecule has 2 rings (SSSR count). The van der Waals surface area contributed by atoms with Crippen molar-refractivity contribution in [3.8, 4) is 17.2 Å². The highest BCUT2D eigenvalue weighted by molar-refractivity contribution is 6.30. The molecular weight excluding hydrogens is 366 g/mol. The van der Waals surface area contributed by atoms with Crippen LogP contribution in [0.25, 0.3) is 0 Å². The molecule has 1 amide bonds. The molecule has 2 aromatic rings. The molecule has 0 aromatic heterocycles. The zero-order chi connectivity index (χ0) is 19.8. The van der Waals surface area contributed by atoms with E-state index in [1.165, 1.54) is 0 Å². The summed E-state index contributed by atoms with van der Waals surface area (Å²) in [6, 6.07) is 12.4. The fourth-order valence-corrected chi connectivity index (χ4v) is 2.65. The normalized spacial score (nSPS) is 12.8. The second kappa shape index (κ2) is 10.1. The number of carbonyl (C=O) groups excluding carboxylic acids is 1. The Morgan fingerprint density at radius 3 is 2.26 bits per heavy atom. The van der Waals surface area contributed by atoms with Crippen LogP contribution < -0.4 is 19.5 Å². The highest BCUT2D eigenvalue weighted by Gasteiger charge is 2.19. The molecule has 0 saturated heterocycles. The standard InChI is InChI=1S/C21H26ClNO4/c1-5-25-19-12-7-16(13-20(19)26-6-2)14(3)23-21(24)15(4)27-18-10-8-17(22)9-11-18/h7-15H,5-6H2,1-4H3,(H,23,24). The SMILES string of the molecule is CCOc1ccc(C(C)NC(=O)C(C)Oc2ccc(Cl)cc2)cc1OCC. The molecule has 146 valence electrons.